The summed E-state index contributed by atoms with van der Waals surface area (Å²) in [6.07, 6.45) is 1.69. The van der Waals surface area contributed by atoms with E-state index in [1.807, 2.05) is 66.7 Å². The Bertz CT molecular complexity index is 1380. The first-order valence-electron chi connectivity index (χ1n) is 12.5. The third-order valence-electron chi connectivity index (χ3n) is 6.47. The van der Waals surface area contributed by atoms with Crippen LogP contribution in [0.4, 0.5) is 10.1 Å². The van der Waals surface area contributed by atoms with Crippen LogP contribution in [0.5, 0.6) is 11.5 Å². The largest absolute Gasteiger partial charge is 0.457 e. The van der Waals surface area contributed by atoms with Gasteiger partial charge in [0.25, 0.3) is 5.91 Å². The lowest BCUT2D eigenvalue weighted by molar-refractivity contribution is 0.102. The van der Waals surface area contributed by atoms with Gasteiger partial charge in [-0.05, 0) is 54.1 Å². The van der Waals surface area contributed by atoms with Gasteiger partial charge < -0.3 is 15.0 Å². The molecule has 0 aliphatic carbocycles. The Morgan fingerprint density at radius 1 is 0.895 bits per heavy atom. The molecule has 192 valence electrons. The summed E-state index contributed by atoms with van der Waals surface area (Å²) in [6, 6.07) is 27.0. The SMILES string of the molecule is C=C(c1ccc(C(=O)Nc2cccc(Oc3ccccc3)c2)nc1)N1CCN(Cc2ccc(F)cc2)CC1. The number of piperazine rings is 1. The van der Waals surface area contributed by atoms with Crippen molar-refractivity contribution in [1.82, 2.24) is 14.8 Å². The van der Waals surface area contributed by atoms with Crippen molar-refractivity contribution in [3.05, 3.63) is 126 Å². The number of nitrogens with zero attached hydrogens (tertiary/aromatic N) is 3. The fourth-order valence-corrected chi connectivity index (χ4v) is 4.36. The van der Waals surface area contributed by atoms with Crippen LogP contribution in [-0.4, -0.2) is 46.9 Å². The molecular formula is C31H29FN4O2. The molecule has 3 aromatic carbocycles. The van der Waals surface area contributed by atoms with Gasteiger partial charge in [-0.25, -0.2) is 4.39 Å². The number of hydrogen-bond donors (Lipinski definition) is 1. The Kier molecular flexibility index (Phi) is 7.75. The molecule has 6 nitrogen and oxygen atoms in total. The van der Waals surface area contributed by atoms with E-state index in [9.17, 15) is 9.18 Å². The first-order chi connectivity index (χ1) is 18.5. The summed E-state index contributed by atoms with van der Waals surface area (Å²) in [5, 5.41) is 2.88. The van der Waals surface area contributed by atoms with Crippen molar-refractivity contribution in [2.75, 3.05) is 31.5 Å². The van der Waals surface area contributed by atoms with Gasteiger partial charge in [-0.15, -0.1) is 0 Å². The van der Waals surface area contributed by atoms with E-state index in [1.165, 1.54) is 12.1 Å². The number of halogens is 1. The van der Waals surface area contributed by atoms with E-state index in [1.54, 1.807) is 18.3 Å². The van der Waals surface area contributed by atoms with Crippen molar-refractivity contribution in [2.24, 2.45) is 0 Å². The second kappa shape index (κ2) is 11.7. The topological polar surface area (TPSA) is 57.7 Å². The summed E-state index contributed by atoms with van der Waals surface area (Å²) in [5.41, 5.74) is 3.81. The Morgan fingerprint density at radius 2 is 1.63 bits per heavy atom. The minimum atomic E-state index is -0.298. The van der Waals surface area contributed by atoms with Gasteiger partial charge in [0.2, 0.25) is 0 Å². The normalized spacial score (nSPS) is 13.7. The van der Waals surface area contributed by atoms with Crippen molar-refractivity contribution in [3.8, 4) is 11.5 Å². The van der Waals surface area contributed by atoms with Crippen molar-refractivity contribution in [1.29, 1.82) is 0 Å². The van der Waals surface area contributed by atoms with Gasteiger partial charge in [0.05, 0.1) is 0 Å². The van der Waals surface area contributed by atoms with Crippen molar-refractivity contribution < 1.29 is 13.9 Å². The lowest BCUT2D eigenvalue weighted by Crippen LogP contribution is -2.44. The van der Waals surface area contributed by atoms with Crippen LogP contribution in [0.15, 0.2) is 104 Å². The van der Waals surface area contributed by atoms with Crippen LogP contribution >= 0.6 is 0 Å². The lowest BCUT2D eigenvalue weighted by atomic mass is 10.1. The molecule has 1 aliphatic rings. The van der Waals surface area contributed by atoms with Gasteiger partial charge >= 0.3 is 0 Å². The standard InChI is InChI=1S/C31H29FN4O2/c1-23(36-18-16-35(17-19-36)22-24-10-13-26(32)14-11-24)25-12-15-30(33-21-25)31(37)34-27-6-5-9-29(20-27)38-28-7-3-2-4-8-28/h2-15,20-21H,1,16-19,22H2,(H,34,37). The molecule has 1 saturated heterocycles. The van der Waals surface area contributed by atoms with Crippen LogP contribution in [0.1, 0.15) is 21.6 Å². The summed E-state index contributed by atoms with van der Waals surface area (Å²) < 4.78 is 19.0. The molecule has 0 saturated carbocycles. The number of anilines is 1. The van der Waals surface area contributed by atoms with E-state index in [0.29, 0.717) is 17.1 Å². The number of hydrogen-bond acceptors (Lipinski definition) is 5. The van der Waals surface area contributed by atoms with Gasteiger partial charge in [-0.1, -0.05) is 43.0 Å². The first-order valence-corrected chi connectivity index (χ1v) is 12.5. The van der Waals surface area contributed by atoms with Crippen LogP contribution in [0, 0.1) is 5.82 Å². The molecule has 0 unspecified atom stereocenters. The van der Waals surface area contributed by atoms with Crippen LogP contribution < -0.4 is 10.1 Å². The Hall–Kier alpha value is -4.49. The molecule has 1 amide bonds. The highest BCUT2D eigenvalue weighted by Gasteiger charge is 2.19. The fraction of sp³-hybridized carbons (Fsp3) is 0.161. The number of benzene rings is 3. The Labute approximate surface area is 222 Å². The maximum absolute atomic E-state index is 13.2. The first kappa shape index (κ1) is 25.2. The summed E-state index contributed by atoms with van der Waals surface area (Å²) >= 11 is 0. The van der Waals surface area contributed by atoms with Crippen LogP contribution in [-0.2, 0) is 6.54 Å². The number of carbonyl (C=O) groups excluding carboxylic acids is 1. The maximum atomic E-state index is 13.2. The number of aromatic nitrogens is 1. The molecule has 38 heavy (non-hydrogen) atoms. The van der Waals surface area contributed by atoms with E-state index in [-0.39, 0.29) is 11.7 Å². The highest BCUT2D eigenvalue weighted by molar-refractivity contribution is 6.03. The molecule has 7 heteroatoms. The van der Waals surface area contributed by atoms with Crippen LogP contribution in [0.3, 0.4) is 0 Å². The second-order valence-corrected chi connectivity index (χ2v) is 9.17. The lowest BCUT2D eigenvalue weighted by Gasteiger charge is -2.37. The monoisotopic (exact) mass is 508 g/mol. The molecule has 0 atom stereocenters. The van der Waals surface area contributed by atoms with Gasteiger partial charge in [-0.3, -0.25) is 14.7 Å². The van der Waals surface area contributed by atoms with E-state index < -0.39 is 0 Å². The number of rotatable bonds is 8. The number of amides is 1. The zero-order valence-corrected chi connectivity index (χ0v) is 21.0. The predicted octanol–water partition coefficient (Wildman–Crippen LogP) is 6.05. The van der Waals surface area contributed by atoms with E-state index in [0.717, 1.165) is 55.3 Å². The highest BCUT2D eigenvalue weighted by atomic mass is 19.1. The average molecular weight is 509 g/mol. The number of para-hydroxylation sites is 1. The fourth-order valence-electron chi connectivity index (χ4n) is 4.36. The zero-order valence-electron chi connectivity index (χ0n) is 21.0. The molecular weight excluding hydrogens is 479 g/mol. The van der Waals surface area contributed by atoms with Gasteiger partial charge in [0, 0.05) is 61.9 Å². The zero-order chi connectivity index (χ0) is 26.3. The van der Waals surface area contributed by atoms with Gasteiger partial charge in [0.1, 0.15) is 23.0 Å². The molecule has 1 fully saturated rings. The molecule has 0 bridgehead atoms. The van der Waals surface area contributed by atoms with Crippen LogP contribution in [0.2, 0.25) is 0 Å². The molecule has 4 aromatic rings. The molecule has 1 N–H and O–H groups in total. The minimum Gasteiger partial charge on any atom is -0.457 e. The second-order valence-electron chi connectivity index (χ2n) is 9.17. The number of carbonyl (C=O) groups is 1. The summed E-state index contributed by atoms with van der Waals surface area (Å²) in [6.45, 7) is 8.51. The quantitative estimate of drug-likeness (QED) is 0.314. The predicted molar refractivity (Wildman–Crippen MR) is 147 cm³/mol. The van der Waals surface area contributed by atoms with E-state index in [2.05, 4.69) is 26.7 Å². The molecule has 2 heterocycles. The number of nitrogens with one attached hydrogen (secondary N) is 1. The Balaban J connectivity index is 1.14. The molecule has 1 aromatic heterocycles. The van der Waals surface area contributed by atoms with Gasteiger partial charge in [-0.2, -0.15) is 0 Å². The maximum Gasteiger partial charge on any atom is 0.274 e. The summed E-state index contributed by atoms with van der Waals surface area (Å²) in [4.78, 5) is 21.8. The molecule has 0 radical (unpaired) electrons. The van der Waals surface area contributed by atoms with E-state index in [4.69, 9.17) is 4.74 Å². The van der Waals surface area contributed by atoms with Gasteiger partial charge in [0.15, 0.2) is 0 Å². The average Bonchev–Trinajstić information content (AvgIpc) is 2.95. The third kappa shape index (κ3) is 6.44. The van der Waals surface area contributed by atoms with E-state index >= 15 is 0 Å². The molecule has 0 spiro atoms. The Morgan fingerprint density at radius 3 is 2.34 bits per heavy atom. The number of ether oxygens (including phenoxy) is 1. The number of pyridine rings is 1. The highest BCUT2D eigenvalue weighted by Crippen LogP contribution is 2.24. The summed E-state index contributed by atoms with van der Waals surface area (Å²) in [7, 11) is 0. The summed E-state index contributed by atoms with van der Waals surface area (Å²) in [5.74, 6) is 0.845. The van der Waals surface area contributed by atoms with Crippen molar-refractivity contribution in [3.63, 3.8) is 0 Å². The minimum absolute atomic E-state index is 0.213. The van der Waals surface area contributed by atoms with Crippen molar-refractivity contribution >= 4 is 17.3 Å². The third-order valence-corrected chi connectivity index (χ3v) is 6.47. The van der Waals surface area contributed by atoms with Crippen LogP contribution in [0.25, 0.3) is 5.70 Å². The van der Waals surface area contributed by atoms with Crippen molar-refractivity contribution in [2.45, 2.75) is 6.54 Å². The molecule has 5 rings (SSSR count). The molecule has 1 aliphatic heterocycles. The smallest absolute Gasteiger partial charge is 0.274 e.